The first kappa shape index (κ1) is 16.3. The van der Waals surface area contributed by atoms with Gasteiger partial charge in [0.2, 0.25) is 0 Å². The highest BCUT2D eigenvalue weighted by Gasteiger charge is 2.27. The van der Waals surface area contributed by atoms with Crippen LogP contribution in [-0.4, -0.2) is 36.2 Å². The fraction of sp³-hybridized carbons (Fsp3) is 0.429. The van der Waals surface area contributed by atoms with Crippen LogP contribution in [0.1, 0.15) is 20.8 Å². The van der Waals surface area contributed by atoms with Crippen LogP contribution in [-0.2, 0) is 9.53 Å². The number of carbonyl (C=O) groups is 2. The van der Waals surface area contributed by atoms with Gasteiger partial charge in [0.05, 0.1) is 11.6 Å². The quantitative estimate of drug-likeness (QED) is 0.619. The molecule has 0 aromatic heterocycles. The number of benzene rings is 1. The lowest BCUT2D eigenvalue weighted by Crippen LogP contribution is -2.45. The van der Waals surface area contributed by atoms with Crippen molar-refractivity contribution in [3.8, 4) is 5.75 Å². The van der Waals surface area contributed by atoms with Crippen molar-refractivity contribution in [2.45, 2.75) is 26.8 Å². The van der Waals surface area contributed by atoms with E-state index in [9.17, 15) is 9.59 Å². The van der Waals surface area contributed by atoms with Gasteiger partial charge in [-0.25, -0.2) is 9.59 Å². The molecule has 1 unspecified atom stereocenters. The molecule has 1 aromatic rings. The van der Waals surface area contributed by atoms with Gasteiger partial charge in [0.1, 0.15) is 11.8 Å². The van der Waals surface area contributed by atoms with E-state index in [0.717, 1.165) is 0 Å². The van der Waals surface area contributed by atoms with Gasteiger partial charge in [-0.15, -0.1) is 0 Å². The molecule has 0 aliphatic heterocycles. The number of amides is 1. The highest BCUT2D eigenvalue weighted by molar-refractivity contribution is 6.32. The third-order valence-corrected chi connectivity index (χ3v) is 3.01. The zero-order chi connectivity index (χ0) is 15.1. The number of nitrogens with zero attached hydrogens (tertiary/aromatic N) is 1. The van der Waals surface area contributed by atoms with Crippen molar-refractivity contribution in [1.82, 2.24) is 4.90 Å². The molecule has 0 aliphatic carbocycles. The molecule has 0 heterocycles. The standard InChI is InChI=1S/C14H18ClNO4/c1-4-16(14(18)19-5-2)10(3)13(17)20-12-9-7-6-8-11(12)15/h6-10H,4-5H2,1-3H3. The highest BCUT2D eigenvalue weighted by atomic mass is 35.5. The molecule has 0 spiro atoms. The van der Waals surface area contributed by atoms with Crippen molar-refractivity contribution in [2.75, 3.05) is 13.2 Å². The number of hydrogen-bond acceptors (Lipinski definition) is 4. The van der Waals surface area contributed by atoms with Crippen LogP contribution < -0.4 is 4.74 Å². The first-order valence-electron chi connectivity index (χ1n) is 6.40. The zero-order valence-corrected chi connectivity index (χ0v) is 12.5. The van der Waals surface area contributed by atoms with Crippen LogP contribution in [0.25, 0.3) is 0 Å². The minimum Gasteiger partial charge on any atom is -0.450 e. The fourth-order valence-electron chi connectivity index (χ4n) is 1.62. The van der Waals surface area contributed by atoms with Gasteiger partial charge < -0.3 is 9.47 Å². The van der Waals surface area contributed by atoms with E-state index in [2.05, 4.69) is 0 Å². The van der Waals surface area contributed by atoms with E-state index in [1.165, 1.54) is 4.90 Å². The largest absolute Gasteiger partial charge is 0.450 e. The Labute approximate surface area is 123 Å². The maximum absolute atomic E-state index is 12.0. The summed E-state index contributed by atoms with van der Waals surface area (Å²) in [5.74, 6) is -0.293. The first-order valence-corrected chi connectivity index (χ1v) is 6.78. The molecule has 20 heavy (non-hydrogen) atoms. The third kappa shape index (κ3) is 4.13. The fourth-order valence-corrected chi connectivity index (χ4v) is 1.79. The summed E-state index contributed by atoms with van der Waals surface area (Å²) in [7, 11) is 0. The van der Waals surface area contributed by atoms with Gasteiger partial charge in [-0.2, -0.15) is 0 Å². The van der Waals surface area contributed by atoms with Gasteiger partial charge >= 0.3 is 12.1 Å². The van der Waals surface area contributed by atoms with Crippen molar-refractivity contribution >= 4 is 23.7 Å². The molecule has 0 saturated carbocycles. The number of esters is 1. The number of likely N-dealkylation sites (N-methyl/N-ethyl adjacent to an activating group) is 1. The Morgan fingerprint density at radius 3 is 2.50 bits per heavy atom. The van der Waals surface area contributed by atoms with Crippen molar-refractivity contribution in [3.63, 3.8) is 0 Å². The van der Waals surface area contributed by atoms with Crippen LogP contribution >= 0.6 is 11.6 Å². The smallest absolute Gasteiger partial charge is 0.410 e. The summed E-state index contributed by atoms with van der Waals surface area (Å²) < 4.78 is 10.1. The van der Waals surface area contributed by atoms with Crippen LogP contribution in [0.15, 0.2) is 24.3 Å². The number of ether oxygens (including phenoxy) is 2. The summed E-state index contributed by atoms with van der Waals surface area (Å²) in [6.07, 6.45) is -0.543. The normalized spacial score (nSPS) is 11.6. The second-order valence-corrected chi connectivity index (χ2v) is 4.42. The second kappa shape index (κ2) is 7.75. The molecule has 0 fully saturated rings. The number of carbonyl (C=O) groups excluding carboxylic acids is 2. The molecule has 0 N–H and O–H groups in total. The van der Waals surface area contributed by atoms with E-state index in [1.54, 1.807) is 45.0 Å². The summed E-state index contributed by atoms with van der Waals surface area (Å²) in [5, 5.41) is 0.340. The number of rotatable bonds is 5. The Kier molecular flexibility index (Phi) is 6.31. The van der Waals surface area contributed by atoms with Gasteiger partial charge in [-0.1, -0.05) is 23.7 Å². The van der Waals surface area contributed by atoms with Crippen molar-refractivity contribution < 1.29 is 19.1 Å². The minimum absolute atomic E-state index is 0.252. The first-order chi connectivity index (χ1) is 9.51. The summed E-state index contributed by atoms with van der Waals surface area (Å²) in [5.41, 5.74) is 0. The molecule has 5 nitrogen and oxygen atoms in total. The van der Waals surface area contributed by atoms with E-state index in [1.807, 2.05) is 0 Å². The molecule has 0 saturated heterocycles. The minimum atomic E-state index is -0.754. The Hall–Kier alpha value is -1.75. The van der Waals surface area contributed by atoms with E-state index in [-0.39, 0.29) is 12.4 Å². The van der Waals surface area contributed by atoms with Gasteiger partial charge in [0.15, 0.2) is 0 Å². The lowest BCUT2D eigenvalue weighted by molar-refractivity contribution is -0.139. The summed E-state index contributed by atoms with van der Waals surface area (Å²) in [6, 6.07) is 5.91. The van der Waals surface area contributed by atoms with E-state index in [0.29, 0.717) is 11.6 Å². The van der Waals surface area contributed by atoms with Crippen molar-refractivity contribution in [3.05, 3.63) is 29.3 Å². The number of hydrogen-bond donors (Lipinski definition) is 0. The molecule has 0 radical (unpaired) electrons. The van der Waals surface area contributed by atoms with Crippen molar-refractivity contribution in [1.29, 1.82) is 0 Å². The predicted molar refractivity (Wildman–Crippen MR) is 76.0 cm³/mol. The molecular weight excluding hydrogens is 282 g/mol. The average molecular weight is 300 g/mol. The van der Waals surface area contributed by atoms with Gasteiger partial charge in [0.25, 0.3) is 0 Å². The third-order valence-electron chi connectivity index (χ3n) is 2.70. The highest BCUT2D eigenvalue weighted by Crippen LogP contribution is 2.23. The monoisotopic (exact) mass is 299 g/mol. The molecule has 1 aromatic carbocycles. The van der Waals surface area contributed by atoms with Crippen LogP contribution in [0.2, 0.25) is 5.02 Å². The van der Waals surface area contributed by atoms with E-state index < -0.39 is 18.1 Å². The van der Waals surface area contributed by atoms with Crippen LogP contribution in [0.4, 0.5) is 4.79 Å². The summed E-state index contributed by atoms with van der Waals surface area (Å²) >= 11 is 5.92. The predicted octanol–water partition coefficient (Wildman–Crippen LogP) is 3.11. The molecule has 1 atom stereocenters. The molecule has 0 bridgehead atoms. The lowest BCUT2D eigenvalue weighted by atomic mass is 10.3. The topological polar surface area (TPSA) is 55.8 Å². The maximum Gasteiger partial charge on any atom is 0.410 e. The molecule has 1 rings (SSSR count). The van der Waals surface area contributed by atoms with Gasteiger partial charge in [0, 0.05) is 6.54 Å². The van der Waals surface area contributed by atoms with Crippen LogP contribution in [0.5, 0.6) is 5.75 Å². The van der Waals surface area contributed by atoms with E-state index in [4.69, 9.17) is 21.1 Å². The lowest BCUT2D eigenvalue weighted by Gasteiger charge is -2.25. The Bertz CT molecular complexity index is 478. The molecular formula is C14H18ClNO4. The number of para-hydroxylation sites is 1. The van der Waals surface area contributed by atoms with Crippen LogP contribution in [0, 0.1) is 0 Å². The summed E-state index contributed by atoms with van der Waals surface area (Å²) in [6.45, 7) is 5.65. The summed E-state index contributed by atoms with van der Waals surface area (Å²) in [4.78, 5) is 25.0. The second-order valence-electron chi connectivity index (χ2n) is 4.01. The Morgan fingerprint density at radius 1 is 1.30 bits per heavy atom. The average Bonchev–Trinajstić information content (AvgIpc) is 2.42. The Morgan fingerprint density at radius 2 is 1.95 bits per heavy atom. The van der Waals surface area contributed by atoms with Gasteiger partial charge in [-0.05, 0) is 32.9 Å². The van der Waals surface area contributed by atoms with Gasteiger partial charge in [-0.3, -0.25) is 4.90 Å². The zero-order valence-electron chi connectivity index (χ0n) is 11.8. The number of halogens is 1. The maximum atomic E-state index is 12.0. The molecule has 110 valence electrons. The van der Waals surface area contributed by atoms with Crippen LogP contribution in [0.3, 0.4) is 0 Å². The Balaban J connectivity index is 2.75. The van der Waals surface area contributed by atoms with Crippen molar-refractivity contribution in [2.24, 2.45) is 0 Å². The SMILES string of the molecule is CCOC(=O)N(CC)C(C)C(=O)Oc1ccccc1Cl. The molecule has 0 aliphatic rings. The molecule has 6 heteroatoms. The molecule has 1 amide bonds. The van der Waals surface area contributed by atoms with E-state index >= 15 is 0 Å².